The molecular weight excluding hydrogens is 586 g/mol. The fourth-order valence-corrected chi connectivity index (χ4v) is 8.38. The van der Waals surface area contributed by atoms with Crippen LogP contribution in [-0.2, 0) is 26.0 Å². The summed E-state index contributed by atoms with van der Waals surface area (Å²) < 4.78 is 30.4. The highest BCUT2D eigenvalue weighted by molar-refractivity contribution is 7.99. The van der Waals surface area contributed by atoms with Gasteiger partial charge in [-0.25, -0.2) is 13.1 Å². The molecule has 1 aliphatic heterocycles. The summed E-state index contributed by atoms with van der Waals surface area (Å²) in [5.41, 5.74) is 7.18. The van der Waals surface area contributed by atoms with Crippen molar-refractivity contribution in [3.8, 4) is 0 Å². The van der Waals surface area contributed by atoms with E-state index in [0.717, 1.165) is 35.7 Å². The first-order valence-corrected chi connectivity index (χ1v) is 16.7. The van der Waals surface area contributed by atoms with Crippen LogP contribution in [0.2, 0.25) is 5.02 Å². The van der Waals surface area contributed by atoms with Gasteiger partial charge in [-0.2, -0.15) is 0 Å². The second-order valence-electron chi connectivity index (χ2n) is 12.2. The smallest absolute Gasteiger partial charge is 0.245 e. The summed E-state index contributed by atoms with van der Waals surface area (Å²) in [4.78, 5) is 32.5. The number of nitrogens with one attached hydrogen (secondary N) is 3. The van der Waals surface area contributed by atoms with E-state index >= 15 is 0 Å². The first-order chi connectivity index (χ1) is 20.3. The Balaban J connectivity index is 1.55. The van der Waals surface area contributed by atoms with Crippen LogP contribution in [0.3, 0.4) is 0 Å². The average molecular weight is 626 g/mol. The zero-order chi connectivity index (χ0) is 31.0. The van der Waals surface area contributed by atoms with Gasteiger partial charge in [0, 0.05) is 41.6 Å². The van der Waals surface area contributed by atoms with Crippen LogP contribution in [0.4, 0.5) is 0 Å². The zero-order valence-corrected chi connectivity index (χ0v) is 26.4. The standard InChI is InChI=1S/C32H40ClN5O4S/c1-4-38(29(39)27(36-30(40)31(2,3)34)18-22-19-35-26-11-7-6-10-24(22)26)20-25-28(21-12-14-23(33)15-13-21)43(41,42)37-32(25)16-8-5-9-17-32/h6-7,10-15,19,27,35,37H,4-5,8-9,16-18,20,34H2,1-3H3,(H,36,40)/t27-/m1/s1. The Labute approximate surface area is 258 Å². The summed E-state index contributed by atoms with van der Waals surface area (Å²) >= 11 is 6.14. The summed E-state index contributed by atoms with van der Waals surface area (Å²) in [7, 11) is -3.86. The van der Waals surface area contributed by atoms with Crippen LogP contribution in [0.25, 0.3) is 15.8 Å². The van der Waals surface area contributed by atoms with Gasteiger partial charge in [0.25, 0.3) is 0 Å². The molecule has 9 nitrogen and oxygen atoms in total. The Morgan fingerprint density at radius 3 is 2.42 bits per heavy atom. The van der Waals surface area contributed by atoms with Crippen LogP contribution in [0.15, 0.2) is 60.3 Å². The third-order valence-electron chi connectivity index (χ3n) is 8.59. The molecule has 43 heavy (non-hydrogen) atoms. The number of benzene rings is 2. The summed E-state index contributed by atoms with van der Waals surface area (Å²) in [5, 5.41) is 4.37. The van der Waals surface area contributed by atoms with Gasteiger partial charge in [-0.05, 0) is 68.5 Å². The van der Waals surface area contributed by atoms with Crippen LogP contribution in [-0.4, -0.2) is 60.3 Å². The lowest BCUT2D eigenvalue weighted by Crippen LogP contribution is -2.57. The largest absolute Gasteiger partial charge is 0.361 e. The molecule has 1 atom stereocenters. The molecule has 0 saturated heterocycles. The summed E-state index contributed by atoms with van der Waals surface area (Å²) in [6.07, 6.45) is 6.19. The summed E-state index contributed by atoms with van der Waals surface area (Å²) in [6.45, 7) is 5.48. The number of para-hydroxylation sites is 1. The van der Waals surface area contributed by atoms with E-state index in [-0.39, 0.29) is 23.8 Å². The van der Waals surface area contributed by atoms with Crippen molar-refractivity contribution in [2.24, 2.45) is 5.73 Å². The van der Waals surface area contributed by atoms with Crippen molar-refractivity contribution < 1.29 is 18.0 Å². The van der Waals surface area contributed by atoms with E-state index in [2.05, 4.69) is 15.0 Å². The van der Waals surface area contributed by atoms with E-state index in [1.807, 2.05) is 37.4 Å². The molecule has 2 aromatic carbocycles. The summed E-state index contributed by atoms with van der Waals surface area (Å²) in [6, 6.07) is 13.6. The first-order valence-electron chi connectivity index (χ1n) is 14.8. The number of rotatable bonds is 9. The molecule has 2 heterocycles. The van der Waals surface area contributed by atoms with Gasteiger partial charge in [0.2, 0.25) is 21.8 Å². The molecule has 1 fully saturated rings. The zero-order valence-electron chi connectivity index (χ0n) is 24.9. The predicted octanol–water partition coefficient (Wildman–Crippen LogP) is 4.48. The molecule has 0 unspecified atom stereocenters. The second-order valence-corrected chi connectivity index (χ2v) is 14.3. The van der Waals surface area contributed by atoms with E-state index in [0.29, 0.717) is 35.5 Å². The minimum Gasteiger partial charge on any atom is -0.361 e. The minimum absolute atomic E-state index is 0.103. The van der Waals surface area contributed by atoms with Crippen LogP contribution >= 0.6 is 11.6 Å². The van der Waals surface area contributed by atoms with Gasteiger partial charge < -0.3 is 20.9 Å². The number of carbonyl (C=O) groups excluding carboxylic acids is 2. The van der Waals surface area contributed by atoms with E-state index in [1.165, 1.54) is 0 Å². The fourth-order valence-electron chi connectivity index (χ4n) is 6.28. The molecule has 3 aromatic rings. The third-order valence-corrected chi connectivity index (χ3v) is 10.5. The van der Waals surface area contributed by atoms with Gasteiger partial charge in [0.1, 0.15) is 6.04 Å². The van der Waals surface area contributed by atoms with Crippen molar-refractivity contribution in [2.75, 3.05) is 13.1 Å². The van der Waals surface area contributed by atoms with Gasteiger partial charge >= 0.3 is 0 Å². The molecular formula is C32H40ClN5O4S. The summed E-state index contributed by atoms with van der Waals surface area (Å²) in [5.74, 6) is -0.750. The average Bonchev–Trinajstić information content (AvgIpc) is 3.46. The van der Waals surface area contributed by atoms with E-state index in [1.54, 1.807) is 43.0 Å². The van der Waals surface area contributed by atoms with Crippen molar-refractivity contribution in [3.63, 3.8) is 0 Å². The number of carbonyl (C=O) groups is 2. The fraction of sp³-hybridized carbons (Fsp3) is 0.438. The van der Waals surface area contributed by atoms with E-state index < -0.39 is 33.1 Å². The van der Waals surface area contributed by atoms with Crippen LogP contribution in [0.5, 0.6) is 0 Å². The van der Waals surface area contributed by atoms with Gasteiger partial charge in [0.05, 0.1) is 16.0 Å². The lowest BCUT2D eigenvalue weighted by Gasteiger charge is -2.38. The van der Waals surface area contributed by atoms with Gasteiger partial charge in [-0.3, -0.25) is 9.59 Å². The Morgan fingerprint density at radius 2 is 1.77 bits per heavy atom. The molecule has 5 rings (SSSR count). The van der Waals surface area contributed by atoms with Crippen molar-refractivity contribution in [1.82, 2.24) is 19.9 Å². The van der Waals surface area contributed by atoms with Crippen molar-refractivity contribution in [2.45, 2.75) is 76.4 Å². The third kappa shape index (κ3) is 6.38. The van der Waals surface area contributed by atoms with Crippen molar-refractivity contribution in [3.05, 3.63) is 76.5 Å². The number of hydrogen-bond donors (Lipinski definition) is 4. The van der Waals surface area contributed by atoms with Gasteiger partial charge in [-0.15, -0.1) is 0 Å². The maximum Gasteiger partial charge on any atom is 0.245 e. The molecule has 11 heteroatoms. The number of halogens is 1. The predicted molar refractivity (Wildman–Crippen MR) is 171 cm³/mol. The molecule has 1 saturated carbocycles. The molecule has 0 radical (unpaired) electrons. The molecule has 2 amide bonds. The monoisotopic (exact) mass is 625 g/mol. The number of likely N-dealkylation sites (N-methyl/N-ethyl adjacent to an activating group) is 1. The first kappa shape index (κ1) is 31.3. The number of fused-ring (bicyclic) bond motifs is 1. The maximum absolute atomic E-state index is 14.4. The van der Waals surface area contributed by atoms with Crippen LogP contribution in [0, 0.1) is 0 Å². The number of amides is 2. The number of aromatic amines is 1. The highest BCUT2D eigenvalue weighted by Gasteiger charge is 2.50. The SMILES string of the molecule is CCN(CC1=C(c2ccc(Cl)cc2)S(=O)(=O)NC12CCCCC2)C(=O)[C@@H](Cc1c[nH]c2ccccc12)NC(=O)C(C)(C)N. The molecule has 1 aromatic heterocycles. The van der Waals surface area contributed by atoms with E-state index in [4.69, 9.17) is 17.3 Å². The maximum atomic E-state index is 14.4. The number of nitrogens with two attached hydrogens (primary N) is 1. The number of H-pyrrole nitrogens is 1. The van der Waals surface area contributed by atoms with E-state index in [9.17, 15) is 18.0 Å². The van der Waals surface area contributed by atoms with Crippen molar-refractivity contribution in [1.29, 1.82) is 0 Å². The normalized spacial score (nSPS) is 18.6. The lowest BCUT2D eigenvalue weighted by atomic mass is 9.76. The Morgan fingerprint density at radius 1 is 1.09 bits per heavy atom. The van der Waals surface area contributed by atoms with Crippen molar-refractivity contribution >= 4 is 49.2 Å². The lowest BCUT2D eigenvalue weighted by molar-refractivity contribution is -0.137. The molecule has 5 N–H and O–H groups in total. The number of aromatic nitrogens is 1. The highest BCUT2D eigenvalue weighted by atomic mass is 35.5. The van der Waals surface area contributed by atoms with Gasteiger partial charge in [0.15, 0.2) is 0 Å². The van der Waals surface area contributed by atoms with Crippen LogP contribution in [0.1, 0.15) is 64.0 Å². The Kier molecular flexibility index (Phi) is 8.77. The number of hydrogen-bond acceptors (Lipinski definition) is 5. The Bertz CT molecular complexity index is 1650. The molecule has 230 valence electrons. The minimum atomic E-state index is -3.86. The van der Waals surface area contributed by atoms with Gasteiger partial charge in [-0.1, -0.05) is 61.2 Å². The number of nitrogens with zero attached hydrogens (tertiary/aromatic N) is 1. The quantitative estimate of drug-likeness (QED) is 0.278. The Hall–Kier alpha value is -3.18. The topological polar surface area (TPSA) is 137 Å². The highest BCUT2D eigenvalue weighted by Crippen LogP contribution is 2.46. The van der Waals surface area contributed by atoms with Crippen LogP contribution < -0.4 is 15.8 Å². The number of sulfonamides is 1. The molecule has 1 spiro atoms. The molecule has 2 aliphatic rings. The molecule has 0 bridgehead atoms. The second kappa shape index (κ2) is 12.1. The molecule has 1 aliphatic carbocycles.